The third kappa shape index (κ3) is 8.33. The zero-order chi connectivity index (χ0) is 18.8. The summed E-state index contributed by atoms with van der Waals surface area (Å²) in [5.74, 6) is 0.836. The van der Waals surface area contributed by atoms with Gasteiger partial charge in [-0.05, 0) is 26.3 Å². The summed E-state index contributed by atoms with van der Waals surface area (Å²) in [4.78, 5) is 7.35. The van der Waals surface area contributed by atoms with E-state index in [0.29, 0.717) is 13.2 Å². The van der Waals surface area contributed by atoms with Crippen LogP contribution in [-0.4, -0.2) is 70.0 Å². The van der Waals surface area contributed by atoms with Gasteiger partial charge < -0.3 is 20.1 Å². The van der Waals surface area contributed by atoms with Crippen molar-refractivity contribution in [3.05, 3.63) is 35.4 Å². The third-order valence-electron chi connectivity index (χ3n) is 4.48. The van der Waals surface area contributed by atoms with E-state index in [0.717, 1.165) is 38.8 Å². The van der Waals surface area contributed by atoms with Crippen LogP contribution in [0, 0.1) is 6.92 Å². The summed E-state index contributed by atoms with van der Waals surface area (Å²) in [6.07, 6.45) is 0. The Morgan fingerprint density at radius 1 is 1.33 bits per heavy atom. The van der Waals surface area contributed by atoms with Gasteiger partial charge in [0.2, 0.25) is 0 Å². The molecular weight excluding hydrogens is 455 g/mol. The van der Waals surface area contributed by atoms with E-state index in [1.807, 2.05) is 0 Å². The summed E-state index contributed by atoms with van der Waals surface area (Å²) >= 11 is 0. The molecule has 2 unspecified atom stereocenters. The summed E-state index contributed by atoms with van der Waals surface area (Å²) in [5.41, 5.74) is 2.60. The van der Waals surface area contributed by atoms with Gasteiger partial charge in [0.1, 0.15) is 0 Å². The van der Waals surface area contributed by atoms with Gasteiger partial charge in [0.25, 0.3) is 0 Å². The number of hydrogen-bond donors (Lipinski definition) is 2. The lowest BCUT2D eigenvalue weighted by Crippen LogP contribution is -2.45. The number of benzene rings is 1. The quantitative estimate of drug-likeness (QED) is 0.334. The van der Waals surface area contributed by atoms with Gasteiger partial charge in [0.05, 0.1) is 32.4 Å². The monoisotopic (exact) mass is 490 g/mol. The van der Waals surface area contributed by atoms with E-state index < -0.39 is 0 Å². The zero-order valence-corrected chi connectivity index (χ0v) is 19.4. The van der Waals surface area contributed by atoms with Crippen molar-refractivity contribution in [3.8, 4) is 0 Å². The van der Waals surface area contributed by atoms with Crippen LogP contribution in [0.4, 0.5) is 0 Å². The number of nitrogens with one attached hydrogen (secondary N) is 2. The van der Waals surface area contributed by atoms with Crippen molar-refractivity contribution in [3.63, 3.8) is 0 Å². The Hall–Kier alpha value is -0.900. The fraction of sp³-hybridized carbons (Fsp3) is 0.650. The molecule has 154 valence electrons. The second-order valence-corrected chi connectivity index (χ2v) is 6.80. The van der Waals surface area contributed by atoms with Crippen molar-refractivity contribution >= 4 is 29.9 Å². The van der Waals surface area contributed by atoms with Crippen molar-refractivity contribution in [2.24, 2.45) is 4.99 Å². The highest BCUT2D eigenvalue weighted by Gasteiger charge is 2.22. The maximum absolute atomic E-state index is 5.54. The molecule has 27 heavy (non-hydrogen) atoms. The van der Waals surface area contributed by atoms with Crippen molar-refractivity contribution in [1.82, 2.24) is 15.5 Å². The maximum Gasteiger partial charge on any atom is 0.191 e. The number of aryl methyl sites for hydroxylation is 1. The van der Waals surface area contributed by atoms with Gasteiger partial charge in [-0.15, -0.1) is 24.0 Å². The van der Waals surface area contributed by atoms with Gasteiger partial charge in [-0.25, -0.2) is 0 Å². The molecule has 0 bridgehead atoms. The second kappa shape index (κ2) is 13.3. The molecule has 6 nitrogen and oxygen atoms in total. The maximum atomic E-state index is 5.54. The lowest BCUT2D eigenvalue weighted by atomic mass is 10.0. The second-order valence-electron chi connectivity index (χ2n) is 6.80. The smallest absolute Gasteiger partial charge is 0.191 e. The summed E-state index contributed by atoms with van der Waals surface area (Å²) in [6.45, 7) is 12.0. The molecule has 2 N–H and O–H groups in total. The SMILES string of the molecule is CCNC(=NCC(c1cccc(C)c1)N1CCOCC1)NC(C)COC.I. The Bertz CT molecular complexity index is 565. The number of hydrogen-bond acceptors (Lipinski definition) is 4. The number of morpholine rings is 1. The van der Waals surface area contributed by atoms with E-state index in [1.165, 1.54) is 11.1 Å². The Labute approximate surface area is 181 Å². The molecule has 2 atom stereocenters. The molecule has 7 heteroatoms. The summed E-state index contributed by atoms with van der Waals surface area (Å²) in [7, 11) is 1.72. The molecule has 0 amide bonds. The first-order chi connectivity index (χ1) is 12.6. The number of ether oxygens (including phenoxy) is 2. The Morgan fingerprint density at radius 3 is 2.70 bits per heavy atom. The number of aliphatic imine (C=N–C) groups is 1. The normalized spacial score (nSPS) is 17.7. The number of rotatable bonds is 8. The van der Waals surface area contributed by atoms with Crippen LogP contribution in [0.5, 0.6) is 0 Å². The standard InChI is InChI=1S/C20H34N4O2.HI/c1-5-21-20(23-17(3)15-25-4)22-14-19(24-9-11-26-12-10-24)18-8-6-7-16(2)13-18;/h6-8,13,17,19H,5,9-12,14-15H2,1-4H3,(H2,21,22,23);1H. The van der Waals surface area contributed by atoms with Crippen LogP contribution in [0.2, 0.25) is 0 Å². The molecule has 0 radical (unpaired) electrons. The Balaban J connectivity index is 0.00000364. The van der Waals surface area contributed by atoms with Gasteiger partial charge in [0.15, 0.2) is 5.96 Å². The summed E-state index contributed by atoms with van der Waals surface area (Å²) in [6, 6.07) is 9.21. The average molecular weight is 490 g/mol. The van der Waals surface area contributed by atoms with Crippen LogP contribution in [0.3, 0.4) is 0 Å². The van der Waals surface area contributed by atoms with Crippen molar-refractivity contribution in [1.29, 1.82) is 0 Å². The molecule has 0 aliphatic carbocycles. The molecule has 0 saturated carbocycles. The highest BCUT2D eigenvalue weighted by atomic mass is 127. The van der Waals surface area contributed by atoms with E-state index in [9.17, 15) is 0 Å². The highest BCUT2D eigenvalue weighted by molar-refractivity contribution is 14.0. The van der Waals surface area contributed by atoms with Gasteiger partial charge in [0, 0.05) is 32.8 Å². The third-order valence-corrected chi connectivity index (χ3v) is 4.48. The van der Waals surface area contributed by atoms with Gasteiger partial charge in [-0.3, -0.25) is 9.89 Å². The molecule has 1 fully saturated rings. The minimum atomic E-state index is 0. The molecule has 1 aliphatic heterocycles. The van der Waals surface area contributed by atoms with Crippen LogP contribution in [0.25, 0.3) is 0 Å². The number of halogens is 1. The fourth-order valence-corrected chi connectivity index (χ4v) is 3.22. The van der Waals surface area contributed by atoms with Crippen LogP contribution in [-0.2, 0) is 9.47 Å². The van der Waals surface area contributed by atoms with E-state index in [1.54, 1.807) is 7.11 Å². The Kier molecular flexibility index (Phi) is 11.9. The first-order valence-corrected chi connectivity index (χ1v) is 9.56. The number of guanidine groups is 1. The number of methoxy groups -OCH3 is 1. The molecule has 1 heterocycles. The first kappa shape index (κ1) is 24.1. The fourth-order valence-electron chi connectivity index (χ4n) is 3.22. The van der Waals surface area contributed by atoms with Crippen LogP contribution < -0.4 is 10.6 Å². The number of nitrogens with zero attached hydrogens (tertiary/aromatic N) is 2. The zero-order valence-electron chi connectivity index (χ0n) is 17.0. The van der Waals surface area contributed by atoms with Gasteiger partial charge >= 0.3 is 0 Å². The van der Waals surface area contributed by atoms with Crippen LogP contribution in [0.15, 0.2) is 29.3 Å². The molecule has 1 aromatic rings. The highest BCUT2D eigenvalue weighted by Crippen LogP contribution is 2.23. The predicted octanol–water partition coefficient (Wildman–Crippen LogP) is 2.58. The predicted molar refractivity (Wildman–Crippen MR) is 122 cm³/mol. The summed E-state index contributed by atoms with van der Waals surface area (Å²) in [5, 5.41) is 6.74. The minimum Gasteiger partial charge on any atom is -0.383 e. The molecule has 1 aromatic carbocycles. The average Bonchev–Trinajstić information content (AvgIpc) is 2.63. The van der Waals surface area contributed by atoms with E-state index in [4.69, 9.17) is 14.5 Å². The lowest BCUT2D eigenvalue weighted by molar-refractivity contribution is 0.0179. The molecule has 0 aromatic heterocycles. The van der Waals surface area contributed by atoms with Crippen LogP contribution in [0.1, 0.15) is 31.0 Å². The topological polar surface area (TPSA) is 58.1 Å². The van der Waals surface area contributed by atoms with Gasteiger partial charge in [-0.1, -0.05) is 29.8 Å². The van der Waals surface area contributed by atoms with E-state index in [2.05, 4.69) is 60.6 Å². The van der Waals surface area contributed by atoms with Crippen molar-refractivity contribution < 1.29 is 9.47 Å². The van der Waals surface area contributed by atoms with Crippen molar-refractivity contribution in [2.45, 2.75) is 32.9 Å². The molecule has 2 rings (SSSR count). The largest absolute Gasteiger partial charge is 0.383 e. The van der Waals surface area contributed by atoms with Crippen molar-refractivity contribution in [2.75, 3.05) is 53.1 Å². The molecule has 0 spiro atoms. The molecule has 1 saturated heterocycles. The van der Waals surface area contributed by atoms with Gasteiger partial charge in [-0.2, -0.15) is 0 Å². The summed E-state index contributed by atoms with van der Waals surface area (Å²) < 4.78 is 10.8. The van der Waals surface area contributed by atoms with E-state index in [-0.39, 0.29) is 36.1 Å². The molecular formula is C20H35IN4O2. The first-order valence-electron chi connectivity index (χ1n) is 9.56. The lowest BCUT2D eigenvalue weighted by Gasteiger charge is -2.34. The van der Waals surface area contributed by atoms with Crippen LogP contribution >= 0.6 is 24.0 Å². The Morgan fingerprint density at radius 2 is 2.07 bits per heavy atom. The van der Waals surface area contributed by atoms with E-state index >= 15 is 0 Å². The minimum absolute atomic E-state index is 0. The molecule has 1 aliphatic rings.